The number of likely N-dealkylation sites (tertiary alicyclic amines) is 1. The highest BCUT2D eigenvalue weighted by Gasteiger charge is 2.17. The summed E-state index contributed by atoms with van der Waals surface area (Å²) in [5.74, 6) is 1.82. The first-order valence-corrected chi connectivity index (χ1v) is 12.9. The number of anilines is 2. The number of hydrogen-bond donors (Lipinski definition) is 2. The molecule has 0 radical (unpaired) electrons. The Kier molecular flexibility index (Phi) is 8.28. The number of nitrogens with one attached hydrogen (secondary N) is 2. The molecule has 8 heteroatoms. The fourth-order valence-electron chi connectivity index (χ4n) is 4.94. The lowest BCUT2D eigenvalue weighted by Gasteiger charge is -2.26. The lowest BCUT2D eigenvalue weighted by atomic mass is 10.0. The molecule has 2 aromatic carbocycles. The molecule has 0 atom stereocenters. The van der Waals surface area contributed by atoms with Gasteiger partial charge in [-0.1, -0.05) is 11.6 Å². The number of aromatic nitrogens is 1. The largest absolute Gasteiger partial charge is 0.457 e. The monoisotopic (exact) mass is 504 g/mol. The number of amides is 2. The molecule has 1 aromatic heterocycles. The van der Waals surface area contributed by atoms with Crippen molar-refractivity contribution in [3.63, 3.8) is 0 Å². The third kappa shape index (κ3) is 6.77. The highest BCUT2D eigenvalue weighted by Crippen LogP contribution is 2.37. The van der Waals surface area contributed by atoms with Gasteiger partial charge < -0.3 is 24.8 Å². The molecule has 0 unspecified atom stereocenters. The van der Waals surface area contributed by atoms with Crippen molar-refractivity contribution < 1.29 is 18.8 Å². The molecule has 8 nitrogen and oxygen atoms in total. The van der Waals surface area contributed by atoms with E-state index in [0.717, 1.165) is 53.3 Å². The number of nitrogens with zero attached hydrogens (tertiary/aromatic N) is 2. The van der Waals surface area contributed by atoms with E-state index in [1.807, 2.05) is 52.0 Å². The maximum atomic E-state index is 12.6. The van der Waals surface area contributed by atoms with E-state index in [-0.39, 0.29) is 11.8 Å². The zero-order chi connectivity index (χ0) is 26.5. The SMILES string of the molecule is CC(=O)Nc1cc(Oc2c(C)cc(NC(=O)CCN3CCCCC3)cc2C)cc(-c2c(C)noc2C)c1. The van der Waals surface area contributed by atoms with Crippen LogP contribution in [0.5, 0.6) is 11.5 Å². The highest BCUT2D eigenvalue weighted by atomic mass is 16.5. The molecule has 0 saturated carbocycles. The summed E-state index contributed by atoms with van der Waals surface area (Å²) >= 11 is 0. The molecule has 1 fully saturated rings. The van der Waals surface area contributed by atoms with Gasteiger partial charge in [0.05, 0.1) is 5.69 Å². The Morgan fingerprint density at radius 3 is 2.24 bits per heavy atom. The molecule has 2 heterocycles. The summed E-state index contributed by atoms with van der Waals surface area (Å²) in [6, 6.07) is 9.43. The Hall–Kier alpha value is -3.65. The second-order valence-electron chi connectivity index (χ2n) is 9.87. The van der Waals surface area contributed by atoms with Crippen LogP contribution in [0.3, 0.4) is 0 Å². The fourth-order valence-corrected chi connectivity index (χ4v) is 4.94. The third-order valence-electron chi connectivity index (χ3n) is 6.62. The van der Waals surface area contributed by atoms with Crippen LogP contribution < -0.4 is 15.4 Å². The number of aryl methyl sites for hydroxylation is 4. The molecule has 1 saturated heterocycles. The van der Waals surface area contributed by atoms with Gasteiger partial charge in [-0.2, -0.15) is 0 Å². The maximum Gasteiger partial charge on any atom is 0.225 e. The maximum absolute atomic E-state index is 12.6. The van der Waals surface area contributed by atoms with E-state index in [1.165, 1.54) is 26.2 Å². The quantitative estimate of drug-likeness (QED) is 0.382. The van der Waals surface area contributed by atoms with Crippen molar-refractivity contribution in [2.45, 2.75) is 60.3 Å². The number of carbonyl (C=O) groups excluding carboxylic acids is 2. The fraction of sp³-hybridized carbons (Fsp3) is 0.414. The molecular formula is C29H36N4O4. The van der Waals surface area contributed by atoms with Gasteiger partial charge in [-0.3, -0.25) is 9.59 Å². The number of ether oxygens (including phenoxy) is 1. The zero-order valence-corrected chi connectivity index (χ0v) is 22.4. The summed E-state index contributed by atoms with van der Waals surface area (Å²) < 4.78 is 11.7. The lowest BCUT2D eigenvalue weighted by molar-refractivity contribution is -0.116. The van der Waals surface area contributed by atoms with Gasteiger partial charge in [0.15, 0.2) is 0 Å². The Morgan fingerprint density at radius 2 is 1.62 bits per heavy atom. The molecule has 4 rings (SSSR count). The summed E-state index contributed by atoms with van der Waals surface area (Å²) in [5, 5.41) is 9.94. The first kappa shape index (κ1) is 26.4. The molecule has 1 aliphatic rings. The molecule has 0 spiro atoms. The number of piperidine rings is 1. The van der Waals surface area contributed by atoms with Crippen LogP contribution in [0.2, 0.25) is 0 Å². The second-order valence-corrected chi connectivity index (χ2v) is 9.87. The van der Waals surface area contributed by atoms with E-state index in [9.17, 15) is 9.59 Å². The Labute approximate surface area is 218 Å². The molecule has 3 aromatic rings. The predicted molar refractivity (Wildman–Crippen MR) is 145 cm³/mol. The van der Waals surface area contributed by atoms with Crippen LogP contribution in [0.15, 0.2) is 34.9 Å². The van der Waals surface area contributed by atoms with E-state index >= 15 is 0 Å². The minimum absolute atomic E-state index is 0.0187. The number of rotatable bonds is 8. The highest BCUT2D eigenvalue weighted by molar-refractivity contribution is 5.91. The molecule has 0 bridgehead atoms. The normalized spacial score (nSPS) is 13.9. The van der Waals surface area contributed by atoms with E-state index in [0.29, 0.717) is 29.4 Å². The van der Waals surface area contributed by atoms with Crippen molar-refractivity contribution in [3.05, 3.63) is 52.9 Å². The van der Waals surface area contributed by atoms with Gasteiger partial charge in [0, 0.05) is 42.9 Å². The predicted octanol–water partition coefficient (Wildman–Crippen LogP) is 6.14. The van der Waals surface area contributed by atoms with Crippen molar-refractivity contribution in [3.8, 4) is 22.6 Å². The summed E-state index contributed by atoms with van der Waals surface area (Å²) in [5.41, 5.74) is 5.64. The Balaban J connectivity index is 1.52. The van der Waals surface area contributed by atoms with Crippen LogP contribution in [0.4, 0.5) is 11.4 Å². The first-order chi connectivity index (χ1) is 17.7. The van der Waals surface area contributed by atoms with E-state index in [1.54, 1.807) is 6.07 Å². The van der Waals surface area contributed by atoms with Gasteiger partial charge in [-0.05, 0) is 94.6 Å². The summed E-state index contributed by atoms with van der Waals surface area (Å²) in [4.78, 5) is 26.7. The minimum atomic E-state index is -0.172. The van der Waals surface area contributed by atoms with Gasteiger partial charge in [-0.25, -0.2) is 0 Å². The molecule has 37 heavy (non-hydrogen) atoms. The summed E-state index contributed by atoms with van der Waals surface area (Å²) in [7, 11) is 0. The topological polar surface area (TPSA) is 96.7 Å². The van der Waals surface area contributed by atoms with Crippen LogP contribution >= 0.6 is 0 Å². The van der Waals surface area contributed by atoms with Crippen molar-refractivity contribution in [2.75, 3.05) is 30.3 Å². The number of carbonyl (C=O) groups is 2. The van der Waals surface area contributed by atoms with Crippen molar-refractivity contribution in [1.82, 2.24) is 10.1 Å². The third-order valence-corrected chi connectivity index (χ3v) is 6.62. The van der Waals surface area contributed by atoms with E-state index < -0.39 is 0 Å². The van der Waals surface area contributed by atoms with Gasteiger partial charge in [0.1, 0.15) is 17.3 Å². The summed E-state index contributed by atoms with van der Waals surface area (Å²) in [6.45, 7) is 12.1. The Morgan fingerprint density at radius 1 is 0.946 bits per heavy atom. The number of hydrogen-bond acceptors (Lipinski definition) is 6. The Bertz CT molecular complexity index is 1250. The summed E-state index contributed by atoms with van der Waals surface area (Å²) in [6.07, 6.45) is 4.20. The molecule has 2 N–H and O–H groups in total. The second kappa shape index (κ2) is 11.6. The standard InChI is InChI=1S/C29H36N4O4/c1-18-13-24(31-27(35)9-12-33-10-7-6-8-11-33)14-19(2)29(18)36-26-16-23(15-25(17-26)30-22(5)34)28-20(3)32-37-21(28)4/h13-17H,6-12H2,1-5H3,(H,30,34)(H,31,35). The number of benzene rings is 2. The van der Waals surface area contributed by atoms with E-state index in [2.05, 4.69) is 20.7 Å². The van der Waals surface area contributed by atoms with Gasteiger partial charge in [-0.15, -0.1) is 0 Å². The van der Waals surface area contributed by atoms with Crippen LogP contribution in [-0.2, 0) is 9.59 Å². The van der Waals surface area contributed by atoms with Gasteiger partial charge >= 0.3 is 0 Å². The molecule has 1 aliphatic heterocycles. The molecule has 196 valence electrons. The minimum Gasteiger partial charge on any atom is -0.457 e. The van der Waals surface area contributed by atoms with Gasteiger partial charge in [0.25, 0.3) is 0 Å². The first-order valence-electron chi connectivity index (χ1n) is 12.9. The molecular weight excluding hydrogens is 468 g/mol. The van der Waals surface area contributed by atoms with Gasteiger partial charge in [0.2, 0.25) is 11.8 Å². The smallest absolute Gasteiger partial charge is 0.225 e. The van der Waals surface area contributed by atoms with Crippen molar-refractivity contribution in [1.29, 1.82) is 0 Å². The average molecular weight is 505 g/mol. The van der Waals surface area contributed by atoms with E-state index in [4.69, 9.17) is 9.26 Å². The van der Waals surface area contributed by atoms with Crippen LogP contribution in [0.1, 0.15) is 55.2 Å². The van der Waals surface area contributed by atoms with Crippen molar-refractivity contribution >= 4 is 23.2 Å². The van der Waals surface area contributed by atoms with Crippen LogP contribution in [-0.4, -0.2) is 41.5 Å². The van der Waals surface area contributed by atoms with Crippen molar-refractivity contribution in [2.24, 2.45) is 0 Å². The lowest BCUT2D eigenvalue weighted by Crippen LogP contribution is -2.32. The zero-order valence-electron chi connectivity index (χ0n) is 22.4. The molecule has 2 amide bonds. The molecule has 0 aliphatic carbocycles. The van der Waals surface area contributed by atoms with Crippen LogP contribution in [0.25, 0.3) is 11.1 Å². The average Bonchev–Trinajstić information content (AvgIpc) is 3.18. The van der Waals surface area contributed by atoms with Crippen LogP contribution in [0, 0.1) is 27.7 Å².